The van der Waals surface area contributed by atoms with Gasteiger partial charge in [0.15, 0.2) is 10.9 Å². The molecule has 23 heavy (non-hydrogen) atoms. The third-order valence-electron chi connectivity index (χ3n) is 2.67. The molecule has 0 amide bonds. The van der Waals surface area contributed by atoms with E-state index in [4.69, 9.17) is 0 Å². The number of hydrogen-bond acceptors (Lipinski definition) is 3. The van der Waals surface area contributed by atoms with Crippen molar-refractivity contribution in [1.82, 2.24) is 9.97 Å². The second kappa shape index (κ2) is 6.26. The number of halogens is 6. The van der Waals surface area contributed by atoms with Gasteiger partial charge in [-0.3, -0.25) is 4.79 Å². The molecule has 3 nitrogen and oxygen atoms in total. The van der Waals surface area contributed by atoms with E-state index in [1.807, 2.05) is 0 Å². The quantitative estimate of drug-likeness (QED) is 0.513. The van der Waals surface area contributed by atoms with Crippen molar-refractivity contribution in [2.75, 3.05) is 0 Å². The fourth-order valence-electron chi connectivity index (χ4n) is 1.59. The zero-order chi connectivity index (χ0) is 17.3. The first-order valence-electron chi connectivity index (χ1n) is 6.03. The Kier molecular flexibility index (Phi) is 4.73. The number of aromatic nitrogens is 2. The second-order valence-corrected chi connectivity index (χ2v) is 5.38. The van der Waals surface area contributed by atoms with Crippen molar-refractivity contribution < 1.29 is 26.3 Å². The summed E-state index contributed by atoms with van der Waals surface area (Å²) in [6.45, 7) is 0. The minimum atomic E-state index is -4.75. The van der Waals surface area contributed by atoms with E-state index in [0.29, 0.717) is 11.6 Å². The first-order valence-corrected chi connectivity index (χ1v) is 7.02. The lowest BCUT2D eigenvalue weighted by Gasteiger charge is -2.08. The summed E-state index contributed by atoms with van der Waals surface area (Å²) in [6, 6.07) is 4.50. The SMILES string of the molecule is O=c1cc(C(F)(F)F)nc(SCc2ccc(C(F)(F)F)cc2)[nH]1. The minimum absolute atomic E-state index is 0.0579. The Morgan fingerprint density at radius 2 is 1.61 bits per heavy atom. The molecule has 0 unspecified atom stereocenters. The summed E-state index contributed by atoms with van der Waals surface area (Å²) in [5.41, 5.74) is -2.65. The molecule has 2 aromatic rings. The maximum absolute atomic E-state index is 12.5. The Bertz CT molecular complexity index is 736. The van der Waals surface area contributed by atoms with E-state index in [1.165, 1.54) is 12.1 Å². The molecule has 0 fully saturated rings. The summed E-state index contributed by atoms with van der Waals surface area (Å²) in [5, 5.41) is -0.260. The van der Waals surface area contributed by atoms with Crippen LogP contribution >= 0.6 is 11.8 Å². The van der Waals surface area contributed by atoms with Gasteiger partial charge in [0.25, 0.3) is 5.56 Å². The van der Waals surface area contributed by atoms with Crippen LogP contribution in [0.1, 0.15) is 16.8 Å². The predicted octanol–water partition coefficient (Wildman–Crippen LogP) is 4.10. The van der Waals surface area contributed by atoms with Crippen molar-refractivity contribution in [3.05, 3.63) is 57.5 Å². The molecule has 124 valence electrons. The van der Waals surface area contributed by atoms with Gasteiger partial charge >= 0.3 is 12.4 Å². The Balaban J connectivity index is 2.12. The number of nitrogens with zero attached hydrogens (tertiary/aromatic N) is 1. The summed E-state index contributed by atoms with van der Waals surface area (Å²) in [4.78, 5) is 16.6. The second-order valence-electron chi connectivity index (χ2n) is 4.42. The molecule has 1 N–H and O–H groups in total. The summed E-state index contributed by atoms with van der Waals surface area (Å²) in [5.74, 6) is 0.0579. The number of hydrogen-bond donors (Lipinski definition) is 1. The van der Waals surface area contributed by atoms with Crippen molar-refractivity contribution in [2.45, 2.75) is 23.3 Å². The largest absolute Gasteiger partial charge is 0.433 e. The van der Waals surface area contributed by atoms with Gasteiger partial charge in [-0.25, -0.2) is 4.98 Å². The molecule has 10 heteroatoms. The Morgan fingerprint density at radius 3 is 2.13 bits per heavy atom. The smallest absolute Gasteiger partial charge is 0.301 e. The highest BCUT2D eigenvalue weighted by Crippen LogP contribution is 2.30. The third kappa shape index (κ3) is 4.75. The maximum atomic E-state index is 12.5. The molecular formula is C13H8F6N2OS. The van der Waals surface area contributed by atoms with Gasteiger partial charge in [-0.15, -0.1) is 0 Å². The lowest BCUT2D eigenvalue weighted by Crippen LogP contribution is -2.16. The van der Waals surface area contributed by atoms with Crippen molar-refractivity contribution in [2.24, 2.45) is 0 Å². The average molecular weight is 354 g/mol. The van der Waals surface area contributed by atoms with E-state index in [9.17, 15) is 31.1 Å². The average Bonchev–Trinajstić information content (AvgIpc) is 2.43. The highest BCUT2D eigenvalue weighted by molar-refractivity contribution is 7.98. The first-order chi connectivity index (χ1) is 10.6. The monoisotopic (exact) mass is 354 g/mol. The molecule has 0 aliphatic heterocycles. The highest BCUT2D eigenvalue weighted by Gasteiger charge is 2.33. The number of benzene rings is 1. The van der Waals surface area contributed by atoms with Gasteiger partial charge in [0, 0.05) is 11.8 Å². The van der Waals surface area contributed by atoms with E-state index >= 15 is 0 Å². The van der Waals surface area contributed by atoms with Crippen molar-refractivity contribution in [3.63, 3.8) is 0 Å². The fourth-order valence-corrected chi connectivity index (χ4v) is 2.42. The zero-order valence-electron chi connectivity index (χ0n) is 11.1. The fraction of sp³-hybridized carbons (Fsp3) is 0.231. The Hall–Kier alpha value is -1.97. The summed E-state index contributed by atoms with van der Waals surface area (Å²) in [6.07, 6.45) is -9.21. The number of rotatable bonds is 3. The van der Waals surface area contributed by atoms with E-state index in [-0.39, 0.29) is 10.9 Å². The van der Waals surface area contributed by atoms with Crippen LogP contribution in [-0.2, 0) is 18.1 Å². The van der Waals surface area contributed by atoms with Gasteiger partial charge < -0.3 is 4.98 Å². The molecule has 0 saturated heterocycles. The molecule has 2 rings (SSSR count). The standard InChI is InChI=1S/C13H8F6N2OS/c14-12(15,16)8-3-1-7(2-4-8)6-23-11-20-9(13(17,18)19)5-10(22)21-11/h1-5H,6H2,(H,20,21,22). The van der Waals surface area contributed by atoms with Gasteiger partial charge in [-0.1, -0.05) is 23.9 Å². The molecule has 0 saturated carbocycles. The van der Waals surface area contributed by atoms with Crippen LogP contribution in [0.15, 0.2) is 40.3 Å². The lowest BCUT2D eigenvalue weighted by atomic mass is 10.1. The van der Waals surface area contributed by atoms with Crippen molar-refractivity contribution in [1.29, 1.82) is 0 Å². The maximum Gasteiger partial charge on any atom is 0.433 e. The molecule has 0 bridgehead atoms. The van der Waals surface area contributed by atoms with E-state index in [1.54, 1.807) is 0 Å². The predicted molar refractivity (Wildman–Crippen MR) is 70.9 cm³/mol. The van der Waals surface area contributed by atoms with Crippen molar-refractivity contribution in [3.8, 4) is 0 Å². The first kappa shape index (κ1) is 17.4. The molecule has 0 radical (unpaired) electrons. The van der Waals surface area contributed by atoms with Crippen LogP contribution in [0.25, 0.3) is 0 Å². The number of aromatic amines is 1. The van der Waals surface area contributed by atoms with E-state index in [0.717, 1.165) is 23.9 Å². The molecule has 0 aliphatic carbocycles. The molecule has 0 spiro atoms. The van der Waals surface area contributed by atoms with Gasteiger partial charge in [-0.05, 0) is 17.7 Å². The van der Waals surface area contributed by atoms with Crippen LogP contribution in [0, 0.1) is 0 Å². The number of thioether (sulfide) groups is 1. The normalized spacial score (nSPS) is 12.4. The number of alkyl halides is 6. The van der Waals surface area contributed by atoms with Crippen LogP contribution in [0.2, 0.25) is 0 Å². The van der Waals surface area contributed by atoms with Gasteiger partial charge in [0.1, 0.15) is 0 Å². The Morgan fingerprint density at radius 1 is 1.00 bits per heavy atom. The molecule has 0 atom stereocenters. The van der Waals surface area contributed by atoms with Crippen LogP contribution in [0.5, 0.6) is 0 Å². The third-order valence-corrected chi connectivity index (χ3v) is 3.61. The molecule has 0 aliphatic rings. The Labute approximate surface area is 129 Å². The van der Waals surface area contributed by atoms with Crippen LogP contribution in [-0.4, -0.2) is 9.97 Å². The molecule has 1 heterocycles. The topological polar surface area (TPSA) is 45.8 Å². The lowest BCUT2D eigenvalue weighted by molar-refractivity contribution is -0.141. The molecular weight excluding hydrogens is 346 g/mol. The van der Waals surface area contributed by atoms with Crippen LogP contribution in [0.4, 0.5) is 26.3 Å². The van der Waals surface area contributed by atoms with E-state index in [2.05, 4.69) is 9.97 Å². The van der Waals surface area contributed by atoms with Gasteiger partial charge in [0.2, 0.25) is 0 Å². The number of H-pyrrole nitrogens is 1. The van der Waals surface area contributed by atoms with Crippen molar-refractivity contribution >= 4 is 11.8 Å². The zero-order valence-corrected chi connectivity index (χ0v) is 11.9. The summed E-state index contributed by atoms with van der Waals surface area (Å²) in [7, 11) is 0. The summed E-state index contributed by atoms with van der Waals surface area (Å²) >= 11 is 0.783. The molecule has 1 aromatic heterocycles. The van der Waals surface area contributed by atoms with Gasteiger partial charge in [-0.2, -0.15) is 26.3 Å². The van der Waals surface area contributed by atoms with Crippen LogP contribution < -0.4 is 5.56 Å². The van der Waals surface area contributed by atoms with Crippen LogP contribution in [0.3, 0.4) is 0 Å². The van der Waals surface area contributed by atoms with Gasteiger partial charge in [0.05, 0.1) is 5.56 Å². The molecule has 1 aromatic carbocycles. The minimum Gasteiger partial charge on any atom is -0.301 e. The highest BCUT2D eigenvalue weighted by atomic mass is 32.2. The summed E-state index contributed by atoms with van der Waals surface area (Å²) < 4.78 is 74.8. The van der Waals surface area contributed by atoms with E-state index < -0.39 is 29.2 Å². The number of nitrogens with one attached hydrogen (secondary N) is 1.